The molecule has 0 saturated heterocycles. The number of halogens is 3. The van der Waals surface area contributed by atoms with Crippen LogP contribution < -0.4 is 31.4 Å². The molecule has 6 nitrogen and oxygen atoms in total. The minimum Gasteiger partial charge on any atom is -0.455 e. The van der Waals surface area contributed by atoms with Crippen molar-refractivity contribution in [3.8, 4) is 34.5 Å². The minimum absolute atomic E-state index is 0.180. The van der Waals surface area contributed by atoms with E-state index in [4.69, 9.17) is 66.2 Å². The van der Waals surface area contributed by atoms with Crippen molar-refractivity contribution >= 4 is 51.9 Å². The topological polar surface area (TPSA) is 106 Å². The third-order valence-electron chi connectivity index (χ3n) is 18.6. The molecule has 12 fully saturated rings. The summed E-state index contributed by atoms with van der Waals surface area (Å²) in [4.78, 5) is 0. The van der Waals surface area contributed by atoms with Crippen LogP contribution in [0.5, 0.6) is 34.5 Å². The molecule has 12 aliphatic carbocycles. The highest BCUT2D eigenvalue weighted by atomic mass is 35.5. The van der Waals surface area contributed by atoms with Crippen molar-refractivity contribution < 1.29 is 14.2 Å². The van der Waals surface area contributed by atoms with Gasteiger partial charge in [-0.25, -0.2) is 0 Å². The Balaban J connectivity index is 1.20. The van der Waals surface area contributed by atoms with E-state index in [0.717, 1.165) is 75.0 Å². The monoisotopic (exact) mass is 903 g/mol. The highest BCUT2D eigenvalue weighted by Crippen LogP contribution is 2.73. The lowest BCUT2D eigenvalue weighted by atomic mass is 9.44. The number of ether oxygens (including phenoxy) is 3. The van der Waals surface area contributed by atoms with Crippen LogP contribution in [0.2, 0.25) is 15.1 Å². The third-order valence-corrected chi connectivity index (χ3v) is 19.5. The zero-order chi connectivity index (χ0) is 42.6. The van der Waals surface area contributed by atoms with Gasteiger partial charge in [0.2, 0.25) is 0 Å². The molecule has 0 spiro atoms. The molecule has 0 aliphatic heterocycles. The standard InChI is InChI=1S/C54H60Cl3N3O3/c55-40-4-1-37(58)16-43(40)61-49-46(52-19-28-7-29(20-52)9-30(8-28)21-52)50(62-44-17-38(59)2-5-41(44)56)48(54-25-34-13-35(26-54)15-36(14-34)27-54)51(63-45-18-39(60)3-6-42(45)57)47(49)53-22-31-10-32(23-53)12-33(11-31)24-53/h1-6,16-18,28-36H,7-15,19-27,58-60H2. The van der Waals surface area contributed by atoms with Crippen molar-refractivity contribution in [2.45, 2.75) is 132 Å². The van der Waals surface area contributed by atoms with Crippen LogP contribution in [0.25, 0.3) is 0 Å². The maximum atomic E-state index is 7.78. The molecule has 6 N–H and O–H groups in total. The molecule has 330 valence electrons. The predicted octanol–water partition coefficient (Wildman–Crippen LogP) is 15.2. The Morgan fingerprint density at radius 2 is 0.556 bits per heavy atom. The fourth-order valence-electron chi connectivity index (χ4n) is 17.8. The first-order chi connectivity index (χ1) is 30.4. The van der Waals surface area contributed by atoms with Crippen LogP contribution in [0, 0.1) is 53.3 Å². The van der Waals surface area contributed by atoms with Gasteiger partial charge >= 0.3 is 0 Å². The van der Waals surface area contributed by atoms with Gasteiger partial charge in [0.1, 0.15) is 34.5 Å². The number of anilines is 3. The molecule has 0 atom stereocenters. The molecule has 0 unspecified atom stereocenters. The zero-order valence-electron chi connectivity index (χ0n) is 36.2. The van der Waals surface area contributed by atoms with Gasteiger partial charge in [-0.3, -0.25) is 0 Å². The Labute approximate surface area is 387 Å². The quantitative estimate of drug-likeness (QED) is 0.145. The van der Waals surface area contributed by atoms with E-state index >= 15 is 0 Å². The van der Waals surface area contributed by atoms with E-state index in [0.29, 0.717) is 103 Å². The van der Waals surface area contributed by atoms with Crippen LogP contribution in [0.1, 0.15) is 132 Å². The Bertz CT molecular complexity index is 2150. The molecule has 0 radical (unpaired) electrons. The average molecular weight is 905 g/mol. The van der Waals surface area contributed by atoms with Crippen molar-refractivity contribution in [3.63, 3.8) is 0 Å². The van der Waals surface area contributed by atoms with Crippen molar-refractivity contribution in [3.05, 3.63) is 86.4 Å². The van der Waals surface area contributed by atoms with E-state index in [-0.39, 0.29) is 16.2 Å². The summed E-state index contributed by atoms with van der Waals surface area (Å²) in [5, 5.41) is 1.60. The van der Waals surface area contributed by atoms with E-state index < -0.39 is 0 Å². The summed E-state index contributed by atoms with van der Waals surface area (Å²) in [6.45, 7) is 0. The van der Waals surface area contributed by atoms with E-state index in [2.05, 4.69) is 0 Å². The molecule has 0 amide bonds. The van der Waals surface area contributed by atoms with E-state index in [1.54, 1.807) is 0 Å². The molecule has 63 heavy (non-hydrogen) atoms. The van der Waals surface area contributed by atoms with Crippen LogP contribution in [0.3, 0.4) is 0 Å². The summed E-state index contributed by atoms with van der Waals surface area (Å²) in [6, 6.07) is 16.9. The molecular formula is C54H60Cl3N3O3. The highest BCUT2D eigenvalue weighted by Gasteiger charge is 2.62. The van der Waals surface area contributed by atoms with Gasteiger partial charge < -0.3 is 31.4 Å². The molecule has 4 aromatic rings. The number of nitrogen functional groups attached to an aromatic ring is 3. The van der Waals surface area contributed by atoms with Crippen LogP contribution in [0.4, 0.5) is 17.1 Å². The second kappa shape index (κ2) is 14.3. The van der Waals surface area contributed by atoms with Gasteiger partial charge in [-0.15, -0.1) is 0 Å². The van der Waals surface area contributed by atoms with Crippen LogP contribution in [-0.4, -0.2) is 0 Å². The summed E-state index contributed by atoms with van der Waals surface area (Å²) in [6.07, 6.45) is 21.8. The van der Waals surface area contributed by atoms with Crippen LogP contribution in [0.15, 0.2) is 54.6 Å². The van der Waals surface area contributed by atoms with Crippen molar-refractivity contribution in [1.82, 2.24) is 0 Å². The first kappa shape index (κ1) is 39.9. The fraction of sp³-hybridized carbons (Fsp3) is 0.556. The predicted molar refractivity (Wildman–Crippen MR) is 254 cm³/mol. The summed E-state index contributed by atoms with van der Waals surface area (Å²) in [5.41, 5.74) is 24.8. The third kappa shape index (κ3) is 6.44. The molecule has 16 rings (SSSR count). The van der Waals surface area contributed by atoms with E-state index in [1.807, 2.05) is 54.6 Å². The second-order valence-corrected chi connectivity index (χ2v) is 24.3. The Morgan fingerprint density at radius 3 is 0.762 bits per heavy atom. The fourth-order valence-corrected chi connectivity index (χ4v) is 18.3. The molecular weight excluding hydrogens is 845 g/mol. The van der Waals surface area contributed by atoms with Crippen LogP contribution >= 0.6 is 34.8 Å². The van der Waals surface area contributed by atoms with Gasteiger partial charge in [-0.1, -0.05) is 34.8 Å². The van der Waals surface area contributed by atoms with Gasteiger partial charge in [0.15, 0.2) is 0 Å². The maximum Gasteiger partial charge on any atom is 0.148 e. The van der Waals surface area contributed by atoms with Crippen molar-refractivity contribution in [2.24, 2.45) is 53.3 Å². The second-order valence-electron chi connectivity index (χ2n) is 23.1. The summed E-state index contributed by atoms with van der Waals surface area (Å²) >= 11 is 21.7. The Kier molecular flexibility index (Phi) is 9.04. The molecule has 12 aliphatic rings. The van der Waals surface area contributed by atoms with Gasteiger partial charge in [0, 0.05) is 68.2 Å². The molecule has 4 aromatic carbocycles. The maximum absolute atomic E-state index is 7.78. The SMILES string of the molecule is Nc1ccc(Cl)c(Oc2c(C34CC5CC(CC(C5)C3)C4)c(Oc3cc(N)ccc3Cl)c(C34CC5CC(CC(C5)C3)C4)c(Oc3cc(N)ccc3Cl)c2C23CC4CC(CC(C4)C2)C3)c1. The lowest BCUT2D eigenvalue weighted by Crippen LogP contribution is -2.52. The van der Waals surface area contributed by atoms with Gasteiger partial charge in [0.05, 0.1) is 15.1 Å². The van der Waals surface area contributed by atoms with E-state index in [1.165, 1.54) is 74.5 Å². The van der Waals surface area contributed by atoms with E-state index in [9.17, 15) is 0 Å². The summed E-state index contributed by atoms with van der Waals surface area (Å²) < 4.78 is 23.3. The molecule has 9 heteroatoms. The van der Waals surface area contributed by atoms with Crippen LogP contribution in [-0.2, 0) is 16.2 Å². The largest absolute Gasteiger partial charge is 0.455 e. The normalized spacial score (nSPS) is 37.5. The van der Waals surface area contributed by atoms with Gasteiger partial charge in [0.25, 0.3) is 0 Å². The first-order valence-corrected chi connectivity index (χ1v) is 25.5. The molecule has 12 bridgehead atoms. The zero-order valence-corrected chi connectivity index (χ0v) is 38.5. The molecule has 0 heterocycles. The van der Waals surface area contributed by atoms with Gasteiger partial charge in [-0.2, -0.15) is 0 Å². The number of benzene rings is 4. The number of hydrogen-bond acceptors (Lipinski definition) is 6. The summed E-state index contributed by atoms with van der Waals surface area (Å²) in [7, 11) is 0. The first-order valence-electron chi connectivity index (χ1n) is 24.3. The molecule has 12 saturated carbocycles. The minimum atomic E-state index is -0.180. The number of rotatable bonds is 9. The van der Waals surface area contributed by atoms with Gasteiger partial charge in [-0.05, 0) is 205 Å². The molecule has 0 aromatic heterocycles. The highest BCUT2D eigenvalue weighted by molar-refractivity contribution is 6.32. The Hall–Kier alpha value is -3.45. The Morgan fingerprint density at radius 1 is 0.349 bits per heavy atom. The lowest BCUT2D eigenvalue weighted by molar-refractivity contribution is -0.0152. The van der Waals surface area contributed by atoms with Crippen molar-refractivity contribution in [1.29, 1.82) is 0 Å². The smallest absolute Gasteiger partial charge is 0.148 e. The number of hydrogen-bond donors (Lipinski definition) is 3. The van der Waals surface area contributed by atoms with Crippen molar-refractivity contribution in [2.75, 3.05) is 17.2 Å². The number of nitrogens with two attached hydrogens (primary N) is 3. The average Bonchev–Trinajstić information content (AvgIpc) is 3.20. The summed E-state index contributed by atoms with van der Waals surface area (Å²) in [5.74, 6) is 10.3. The lowest BCUT2D eigenvalue weighted by Gasteiger charge is -2.61.